The highest BCUT2D eigenvalue weighted by Crippen LogP contribution is 2.46. The Labute approximate surface area is 146 Å². The van der Waals surface area contributed by atoms with E-state index in [-0.39, 0.29) is 29.6 Å². The monoisotopic (exact) mass is 329 g/mol. The van der Waals surface area contributed by atoms with Gasteiger partial charge >= 0.3 is 0 Å². The lowest BCUT2D eigenvalue weighted by Gasteiger charge is -2.43. The number of carbonyl (C=O) groups is 2. The topological polar surface area (TPSA) is 46.2 Å². The molecule has 1 saturated carbocycles. The second kappa shape index (κ2) is 7.96. The lowest BCUT2D eigenvalue weighted by molar-refractivity contribution is -0.133. The van der Waals surface area contributed by atoms with Crippen LogP contribution in [0.4, 0.5) is 0 Å². The molecule has 3 nitrogen and oxygen atoms in total. The zero-order valence-electron chi connectivity index (χ0n) is 15.5. The van der Waals surface area contributed by atoms with E-state index >= 15 is 0 Å². The second-order valence-corrected chi connectivity index (χ2v) is 8.26. The molecule has 1 unspecified atom stereocenters. The summed E-state index contributed by atoms with van der Waals surface area (Å²) in [6, 6.07) is 9.16. The Bertz CT molecular complexity index is 562. The first-order chi connectivity index (χ1) is 11.3. The maximum Gasteiger partial charge on any atom is 0.224 e. The highest BCUT2D eigenvalue weighted by atomic mass is 16.2. The molecular formula is C21H31NO2. The fourth-order valence-electron chi connectivity index (χ4n) is 4.21. The van der Waals surface area contributed by atoms with E-state index in [2.05, 4.69) is 33.0 Å². The Kier molecular flexibility index (Phi) is 6.20. The summed E-state index contributed by atoms with van der Waals surface area (Å²) in [5, 5.41) is 2.92. The number of ketones is 1. The lowest BCUT2D eigenvalue weighted by Crippen LogP contribution is -2.47. The molecule has 132 valence electrons. The van der Waals surface area contributed by atoms with Crippen molar-refractivity contribution in [1.29, 1.82) is 0 Å². The van der Waals surface area contributed by atoms with Gasteiger partial charge in [0.25, 0.3) is 0 Å². The molecule has 1 aromatic rings. The van der Waals surface area contributed by atoms with Crippen LogP contribution in [0.2, 0.25) is 0 Å². The molecule has 0 saturated heterocycles. The first kappa shape index (κ1) is 18.7. The predicted octanol–water partition coefficient (Wildman–Crippen LogP) is 4.47. The van der Waals surface area contributed by atoms with Gasteiger partial charge in [-0.25, -0.2) is 0 Å². The zero-order chi connectivity index (χ0) is 17.7. The summed E-state index contributed by atoms with van der Waals surface area (Å²) >= 11 is 0. The summed E-state index contributed by atoms with van der Waals surface area (Å²) < 4.78 is 0. The van der Waals surface area contributed by atoms with Gasteiger partial charge in [-0.15, -0.1) is 0 Å². The van der Waals surface area contributed by atoms with Crippen LogP contribution in [0.1, 0.15) is 63.7 Å². The van der Waals surface area contributed by atoms with E-state index in [0.717, 1.165) is 19.3 Å². The number of nitrogens with one attached hydrogen (secondary N) is 1. The average Bonchev–Trinajstić information content (AvgIpc) is 2.52. The van der Waals surface area contributed by atoms with Gasteiger partial charge in [0, 0.05) is 11.5 Å². The molecule has 3 heteroatoms. The molecule has 0 spiro atoms. The van der Waals surface area contributed by atoms with Crippen molar-refractivity contribution in [3.8, 4) is 0 Å². The van der Waals surface area contributed by atoms with Crippen LogP contribution < -0.4 is 5.32 Å². The molecule has 0 heterocycles. The number of rotatable bonds is 6. The summed E-state index contributed by atoms with van der Waals surface area (Å²) in [7, 11) is 0. The van der Waals surface area contributed by atoms with E-state index in [1.165, 1.54) is 6.42 Å². The Hall–Kier alpha value is -1.64. The van der Waals surface area contributed by atoms with E-state index in [4.69, 9.17) is 0 Å². The smallest absolute Gasteiger partial charge is 0.224 e. The fourth-order valence-corrected chi connectivity index (χ4v) is 4.21. The molecule has 1 amide bonds. The van der Waals surface area contributed by atoms with Crippen LogP contribution in [0, 0.1) is 23.2 Å². The number of hydrogen-bond donors (Lipinski definition) is 1. The molecule has 24 heavy (non-hydrogen) atoms. The molecule has 1 aromatic carbocycles. The first-order valence-electron chi connectivity index (χ1n) is 9.17. The van der Waals surface area contributed by atoms with Crippen molar-refractivity contribution in [2.45, 2.75) is 53.4 Å². The molecule has 0 aliphatic heterocycles. The van der Waals surface area contributed by atoms with Crippen molar-refractivity contribution < 1.29 is 9.59 Å². The van der Waals surface area contributed by atoms with Crippen LogP contribution in [-0.2, 0) is 4.79 Å². The van der Waals surface area contributed by atoms with Gasteiger partial charge in [-0.1, -0.05) is 64.4 Å². The molecule has 1 aliphatic rings. The molecule has 1 fully saturated rings. The third kappa shape index (κ3) is 4.68. The first-order valence-corrected chi connectivity index (χ1v) is 9.17. The van der Waals surface area contributed by atoms with Gasteiger partial charge in [-0.2, -0.15) is 0 Å². The van der Waals surface area contributed by atoms with E-state index in [0.29, 0.717) is 17.4 Å². The molecule has 1 aliphatic carbocycles. The highest BCUT2D eigenvalue weighted by Gasteiger charge is 2.43. The van der Waals surface area contributed by atoms with Crippen LogP contribution >= 0.6 is 0 Å². The van der Waals surface area contributed by atoms with Crippen LogP contribution in [0.15, 0.2) is 30.3 Å². The number of amides is 1. The fraction of sp³-hybridized carbons (Fsp3) is 0.619. The third-order valence-electron chi connectivity index (χ3n) is 5.28. The van der Waals surface area contributed by atoms with Gasteiger partial charge in [0.2, 0.25) is 5.91 Å². The van der Waals surface area contributed by atoms with Gasteiger partial charge in [-0.05, 0) is 36.5 Å². The van der Waals surface area contributed by atoms with Gasteiger partial charge < -0.3 is 5.32 Å². The van der Waals surface area contributed by atoms with Crippen molar-refractivity contribution in [3.05, 3.63) is 35.9 Å². The SMILES string of the molecule is CC(C)CC1CCCC(C)(C)[C@H]1C(=O)NCC(=O)c1ccccc1. The Morgan fingerprint density at radius 3 is 2.50 bits per heavy atom. The number of Topliss-reactive ketones (excluding diaryl/α,β-unsaturated/α-hetero) is 1. The Morgan fingerprint density at radius 2 is 1.88 bits per heavy atom. The molecule has 0 aromatic heterocycles. The number of benzene rings is 1. The van der Waals surface area contributed by atoms with Crippen LogP contribution in [0.3, 0.4) is 0 Å². The molecule has 0 bridgehead atoms. The minimum Gasteiger partial charge on any atom is -0.348 e. The van der Waals surface area contributed by atoms with Crippen molar-refractivity contribution in [2.75, 3.05) is 6.54 Å². The Morgan fingerprint density at radius 1 is 1.21 bits per heavy atom. The van der Waals surface area contributed by atoms with Crippen molar-refractivity contribution in [2.24, 2.45) is 23.2 Å². The summed E-state index contributed by atoms with van der Waals surface area (Å²) in [5.74, 6) is 1.02. The average molecular weight is 329 g/mol. The van der Waals surface area contributed by atoms with Crippen LogP contribution in [-0.4, -0.2) is 18.2 Å². The predicted molar refractivity (Wildman–Crippen MR) is 97.8 cm³/mol. The van der Waals surface area contributed by atoms with E-state index < -0.39 is 0 Å². The third-order valence-corrected chi connectivity index (χ3v) is 5.28. The van der Waals surface area contributed by atoms with Gasteiger partial charge in [0.1, 0.15) is 0 Å². The number of hydrogen-bond acceptors (Lipinski definition) is 2. The van der Waals surface area contributed by atoms with E-state index in [1.54, 1.807) is 12.1 Å². The molecule has 1 N–H and O–H groups in total. The maximum absolute atomic E-state index is 12.9. The standard InChI is InChI=1S/C21H31NO2/c1-15(2)13-17-11-8-12-21(3,4)19(17)20(24)22-14-18(23)16-9-6-5-7-10-16/h5-7,9-10,15,17,19H,8,11-14H2,1-4H3,(H,22,24)/t17?,19-/m1/s1. The van der Waals surface area contributed by atoms with Crippen molar-refractivity contribution in [3.63, 3.8) is 0 Å². The van der Waals surface area contributed by atoms with Crippen molar-refractivity contribution in [1.82, 2.24) is 5.32 Å². The highest BCUT2D eigenvalue weighted by molar-refractivity contribution is 5.99. The summed E-state index contributed by atoms with van der Waals surface area (Å²) in [4.78, 5) is 25.1. The van der Waals surface area contributed by atoms with Crippen molar-refractivity contribution >= 4 is 11.7 Å². The molecule has 2 rings (SSSR count). The Balaban J connectivity index is 2.03. The minimum absolute atomic E-state index is 0.00230. The van der Waals surface area contributed by atoms with Crippen LogP contribution in [0.5, 0.6) is 0 Å². The minimum atomic E-state index is -0.0297. The number of carbonyl (C=O) groups excluding carboxylic acids is 2. The largest absolute Gasteiger partial charge is 0.348 e. The van der Waals surface area contributed by atoms with E-state index in [1.807, 2.05) is 18.2 Å². The van der Waals surface area contributed by atoms with E-state index in [9.17, 15) is 9.59 Å². The lowest BCUT2D eigenvalue weighted by atomic mass is 9.61. The van der Waals surface area contributed by atoms with Gasteiger partial charge in [0.05, 0.1) is 6.54 Å². The summed E-state index contributed by atoms with van der Waals surface area (Å²) in [6.07, 6.45) is 4.46. The zero-order valence-corrected chi connectivity index (χ0v) is 15.5. The molecule has 2 atom stereocenters. The summed E-state index contributed by atoms with van der Waals surface area (Å²) in [6.45, 7) is 8.92. The second-order valence-electron chi connectivity index (χ2n) is 8.26. The van der Waals surface area contributed by atoms with Gasteiger partial charge in [0.15, 0.2) is 5.78 Å². The normalized spacial score (nSPS) is 23.0. The maximum atomic E-state index is 12.9. The summed E-state index contributed by atoms with van der Waals surface area (Å²) in [5.41, 5.74) is 0.650. The molecule has 0 radical (unpaired) electrons. The molecular weight excluding hydrogens is 298 g/mol. The quantitative estimate of drug-likeness (QED) is 0.782. The van der Waals surface area contributed by atoms with Crippen LogP contribution in [0.25, 0.3) is 0 Å². The van der Waals surface area contributed by atoms with Gasteiger partial charge in [-0.3, -0.25) is 9.59 Å².